The summed E-state index contributed by atoms with van der Waals surface area (Å²) in [6.45, 7) is 6.55. The van der Waals surface area contributed by atoms with Crippen LogP contribution in [0.4, 0.5) is 5.69 Å². The Hall–Kier alpha value is -3.34. The molecular weight excluding hydrogens is 364 g/mol. The topological polar surface area (TPSA) is 62.6 Å². The van der Waals surface area contributed by atoms with E-state index in [2.05, 4.69) is 19.2 Å². The van der Waals surface area contributed by atoms with E-state index >= 15 is 0 Å². The van der Waals surface area contributed by atoms with Crippen LogP contribution in [0.1, 0.15) is 52.3 Å². The van der Waals surface area contributed by atoms with E-state index in [-0.39, 0.29) is 23.6 Å². The Morgan fingerprint density at radius 3 is 2.48 bits per heavy atom. The fraction of sp³-hybridized carbons (Fsp3) is 0.250. The molecule has 29 heavy (non-hydrogen) atoms. The second-order valence-corrected chi connectivity index (χ2v) is 7.14. The lowest BCUT2D eigenvalue weighted by Gasteiger charge is -2.29. The van der Waals surface area contributed by atoms with Crippen molar-refractivity contribution in [2.24, 2.45) is 0 Å². The third-order valence-electron chi connectivity index (χ3n) is 5.06. The molecule has 3 rings (SSSR count). The molecule has 1 atom stereocenters. The minimum atomic E-state index is -0.342. The highest BCUT2D eigenvalue weighted by atomic mass is 16.3. The third kappa shape index (κ3) is 4.93. The largest absolute Gasteiger partial charge is 0.459 e. The average Bonchev–Trinajstić information content (AvgIpc) is 3.28. The zero-order valence-corrected chi connectivity index (χ0v) is 17.0. The van der Waals surface area contributed by atoms with Gasteiger partial charge >= 0.3 is 0 Å². The molecular formula is C24H26N2O3. The first-order valence-electron chi connectivity index (χ1n) is 9.80. The summed E-state index contributed by atoms with van der Waals surface area (Å²) in [6, 6.07) is 18.7. The first-order chi connectivity index (χ1) is 14.0. The molecule has 5 heteroatoms. The van der Waals surface area contributed by atoms with Crippen molar-refractivity contribution in [3.8, 4) is 0 Å². The first kappa shape index (κ1) is 20.4. The van der Waals surface area contributed by atoms with Gasteiger partial charge in [0.2, 0.25) is 0 Å². The molecule has 0 fully saturated rings. The van der Waals surface area contributed by atoms with Gasteiger partial charge in [-0.1, -0.05) is 43.3 Å². The van der Waals surface area contributed by atoms with Gasteiger partial charge < -0.3 is 14.6 Å². The van der Waals surface area contributed by atoms with Crippen LogP contribution in [-0.2, 0) is 6.54 Å². The number of anilines is 1. The van der Waals surface area contributed by atoms with Gasteiger partial charge in [0, 0.05) is 23.8 Å². The van der Waals surface area contributed by atoms with Crippen LogP contribution in [0, 0.1) is 6.92 Å². The molecule has 1 heterocycles. The molecule has 3 aromatic rings. The minimum Gasteiger partial charge on any atom is -0.459 e. The van der Waals surface area contributed by atoms with Crippen molar-refractivity contribution in [1.82, 2.24) is 4.90 Å². The second kappa shape index (κ2) is 9.24. The van der Waals surface area contributed by atoms with Crippen molar-refractivity contribution in [3.63, 3.8) is 0 Å². The molecule has 1 unspecified atom stereocenters. The number of hydrogen-bond acceptors (Lipinski definition) is 3. The van der Waals surface area contributed by atoms with Crippen molar-refractivity contribution in [2.75, 3.05) is 5.32 Å². The predicted molar refractivity (Wildman–Crippen MR) is 114 cm³/mol. The monoisotopic (exact) mass is 390 g/mol. The Balaban J connectivity index is 1.85. The van der Waals surface area contributed by atoms with Gasteiger partial charge in [-0.05, 0) is 55.7 Å². The summed E-state index contributed by atoms with van der Waals surface area (Å²) >= 11 is 0. The Bertz CT molecular complexity index is 965. The lowest BCUT2D eigenvalue weighted by atomic mass is 10.1. The van der Waals surface area contributed by atoms with E-state index in [0.717, 1.165) is 17.5 Å². The fourth-order valence-electron chi connectivity index (χ4n) is 3.08. The first-order valence-corrected chi connectivity index (χ1v) is 9.80. The molecule has 5 nitrogen and oxygen atoms in total. The van der Waals surface area contributed by atoms with E-state index in [1.807, 2.05) is 48.2 Å². The van der Waals surface area contributed by atoms with Crippen LogP contribution in [0.2, 0.25) is 0 Å². The van der Waals surface area contributed by atoms with Crippen molar-refractivity contribution < 1.29 is 14.0 Å². The summed E-state index contributed by atoms with van der Waals surface area (Å²) in [4.78, 5) is 27.5. The molecule has 0 saturated heterocycles. The Kier molecular flexibility index (Phi) is 6.50. The number of amides is 2. The number of nitrogens with one attached hydrogen (secondary N) is 1. The molecule has 0 aliphatic rings. The highest BCUT2D eigenvalue weighted by Gasteiger charge is 2.22. The Labute approximate surface area is 171 Å². The van der Waals surface area contributed by atoms with Crippen LogP contribution in [0.15, 0.2) is 71.3 Å². The molecule has 1 aromatic heterocycles. The normalized spacial score (nSPS) is 11.7. The molecule has 0 spiro atoms. The Morgan fingerprint density at radius 1 is 1.07 bits per heavy atom. The summed E-state index contributed by atoms with van der Waals surface area (Å²) < 4.78 is 5.15. The summed E-state index contributed by atoms with van der Waals surface area (Å²) in [5.41, 5.74) is 3.10. The van der Waals surface area contributed by atoms with Crippen LogP contribution >= 0.6 is 0 Å². The number of benzene rings is 2. The van der Waals surface area contributed by atoms with E-state index in [4.69, 9.17) is 4.42 Å². The van der Waals surface area contributed by atoms with Gasteiger partial charge in [0.25, 0.3) is 11.8 Å². The highest BCUT2D eigenvalue weighted by Crippen LogP contribution is 2.21. The van der Waals surface area contributed by atoms with Crippen molar-refractivity contribution in [1.29, 1.82) is 0 Å². The molecule has 2 amide bonds. The van der Waals surface area contributed by atoms with Crippen LogP contribution < -0.4 is 5.32 Å². The standard InChI is InChI=1S/C24H26N2O3/c1-4-18(3)26(16-19-9-6-5-7-10-19)24(28)20-13-12-17(2)21(15-20)25-23(27)22-11-8-14-29-22/h5-15,18H,4,16H2,1-3H3,(H,25,27). The van der Waals surface area contributed by atoms with E-state index in [1.165, 1.54) is 6.26 Å². The van der Waals surface area contributed by atoms with Gasteiger partial charge in [0.1, 0.15) is 0 Å². The lowest BCUT2D eigenvalue weighted by molar-refractivity contribution is 0.0671. The number of aryl methyl sites for hydroxylation is 1. The van der Waals surface area contributed by atoms with Gasteiger partial charge in [-0.2, -0.15) is 0 Å². The summed E-state index contributed by atoms with van der Waals surface area (Å²) in [5, 5.41) is 2.84. The second-order valence-electron chi connectivity index (χ2n) is 7.14. The van der Waals surface area contributed by atoms with Crippen LogP contribution in [0.25, 0.3) is 0 Å². The molecule has 0 radical (unpaired) electrons. The molecule has 2 aromatic carbocycles. The van der Waals surface area contributed by atoms with Crippen LogP contribution in [0.3, 0.4) is 0 Å². The molecule has 0 bridgehead atoms. The van der Waals surface area contributed by atoms with Crippen molar-refractivity contribution in [2.45, 2.75) is 39.8 Å². The number of carbonyl (C=O) groups excluding carboxylic acids is 2. The van der Waals surface area contributed by atoms with Gasteiger partial charge in [0.15, 0.2) is 5.76 Å². The quantitative estimate of drug-likeness (QED) is 0.597. The van der Waals surface area contributed by atoms with E-state index in [1.54, 1.807) is 24.3 Å². The lowest BCUT2D eigenvalue weighted by Crippen LogP contribution is -2.37. The maximum absolute atomic E-state index is 13.3. The van der Waals surface area contributed by atoms with Crippen LogP contribution in [-0.4, -0.2) is 22.8 Å². The molecule has 1 N–H and O–H groups in total. The molecule has 0 aliphatic heterocycles. The SMILES string of the molecule is CCC(C)N(Cc1ccccc1)C(=O)c1ccc(C)c(NC(=O)c2ccco2)c1. The van der Waals surface area contributed by atoms with E-state index < -0.39 is 0 Å². The van der Waals surface area contributed by atoms with Gasteiger partial charge in [0.05, 0.1) is 6.26 Å². The fourth-order valence-corrected chi connectivity index (χ4v) is 3.08. The number of rotatable bonds is 7. The number of carbonyl (C=O) groups is 2. The number of nitrogens with zero attached hydrogens (tertiary/aromatic N) is 1. The van der Waals surface area contributed by atoms with Crippen LogP contribution in [0.5, 0.6) is 0 Å². The van der Waals surface area contributed by atoms with Crippen molar-refractivity contribution >= 4 is 17.5 Å². The van der Waals surface area contributed by atoms with Gasteiger partial charge in [-0.25, -0.2) is 0 Å². The minimum absolute atomic E-state index is 0.0586. The summed E-state index contributed by atoms with van der Waals surface area (Å²) in [7, 11) is 0. The van der Waals surface area contributed by atoms with Gasteiger partial charge in [-0.3, -0.25) is 9.59 Å². The third-order valence-corrected chi connectivity index (χ3v) is 5.06. The predicted octanol–water partition coefficient (Wildman–Crippen LogP) is 5.28. The smallest absolute Gasteiger partial charge is 0.291 e. The van der Waals surface area contributed by atoms with E-state index in [9.17, 15) is 9.59 Å². The van der Waals surface area contributed by atoms with Crippen molar-refractivity contribution in [3.05, 3.63) is 89.4 Å². The maximum Gasteiger partial charge on any atom is 0.291 e. The number of hydrogen-bond donors (Lipinski definition) is 1. The highest BCUT2D eigenvalue weighted by molar-refractivity contribution is 6.04. The summed E-state index contributed by atoms with van der Waals surface area (Å²) in [5.74, 6) is -0.172. The molecule has 0 aliphatic carbocycles. The summed E-state index contributed by atoms with van der Waals surface area (Å²) in [6.07, 6.45) is 2.31. The molecule has 0 saturated carbocycles. The maximum atomic E-state index is 13.3. The zero-order valence-electron chi connectivity index (χ0n) is 17.0. The van der Waals surface area contributed by atoms with E-state index in [0.29, 0.717) is 17.8 Å². The average molecular weight is 390 g/mol. The van der Waals surface area contributed by atoms with Gasteiger partial charge in [-0.15, -0.1) is 0 Å². The molecule has 150 valence electrons. The Morgan fingerprint density at radius 2 is 1.83 bits per heavy atom. The number of furan rings is 1. The zero-order chi connectivity index (χ0) is 20.8.